The molecule has 9 heteroatoms. The lowest BCUT2D eigenvalue weighted by atomic mass is 9.89. The maximum absolute atomic E-state index is 13.9. The molecule has 0 saturated carbocycles. The Morgan fingerprint density at radius 2 is 1.53 bits per heavy atom. The van der Waals surface area contributed by atoms with Crippen molar-refractivity contribution in [2.75, 3.05) is 16.8 Å². The molecule has 1 amide bonds. The SMILES string of the molecule is O=C(Nc1c(F)c(F)nc(F)c1F)C1CN(c2ccccc2)c2ccccc2C1=O. The average molecular weight is 415 g/mol. The third-order valence-corrected chi connectivity index (χ3v) is 4.77. The van der Waals surface area contributed by atoms with E-state index in [-0.39, 0.29) is 12.1 Å². The predicted octanol–water partition coefficient (Wildman–Crippen LogP) is 4.23. The zero-order valence-electron chi connectivity index (χ0n) is 15.2. The monoisotopic (exact) mass is 415 g/mol. The summed E-state index contributed by atoms with van der Waals surface area (Å²) in [6.07, 6.45) is 0. The second-order valence-electron chi connectivity index (χ2n) is 6.57. The number of ketones is 1. The van der Waals surface area contributed by atoms with Crippen LogP contribution in [0.3, 0.4) is 0 Å². The van der Waals surface area contributed by atoms with E-state index < -0.39 is 46.8 Å². The molecule has 3 aromatic rings. The minimum Gasteiger partial charge on any atom is -0.340 e. The highest BCUT2D eigenvalue weighted by molar-refractivity contribution is 6.18. The van der Waals surface area contributed by atoms with E-state index in [1.165, 1.54) is 6.07 Å². The van der Waals surface area contributed by atoms with Crippen molar-refractivity contribution in [2.24, 2.45) is 5.92 Å². The van der Waals surface area contributed by atoms with Crippen molar-refractivity contribution in [2.45, 2.75) is 0 Å². The first-order valence-corrected chi connectivity index (χ1v) is 8.85. The van der Waals surface area contributed by atoms with Crippen molar-refractivity contribution in [1.82, 2.24) is 4.98 Å². The summed E-state index contributed by atoms with van der Waals surface area (Å²) in [6, 6.07) is 15.5. The predicted molar refractivity (Wildman–Crippen MR) is 100 cm³/mol. The number of fused-ring (bicyclic) bond motifs is 1. The zero-order valence-corrected chi connectivity index (χ0v) is 15.2. The Balaban J connectivity index is 1.72. The van der Waals surface area contributed by atoms with Crippen LogP contribution < -0.4 is 10.2 Å². The topological polar surface area (TPSA) is 62.3 Å². The van der Waals surface area contributed by atoms with Crippen LogP contribution in [0.4, 0.5) is 34.6 Å². The third kappa shape index (κ3) is 3.28. The van der Waals surface area contributed by atoms with Crippen molar-refractivity contribution >= 4 is 28.8 Å². The quantitative estimate of drug-likeness (QED) is 0.395. The van der Waals surface area contributed by atoms with Gasteiger partial charge in [-0.25, -0.2) is 0 Å². The summed E-state index contributed by atoms with van der Waals surface area (Å²) >= 11 is 0. The molecule has 5 nitrogen and oxygen atoms in total. The number of nitrogens with one attached hydrogen (secondary N) is 1. The van der Waals surface area contributed by atoms with Crippen LogP contribution in [-0.4, -0.2) is 23.2 Å². The summed E-state index contributed by atoms with van der Waals surface area (Å²) in [4.78, 5) is 29.8. The van der Waals surface area contributed by atoms with E-state index in [0.29, 0.717) is 11.4 Å². The number of Topliss-reactive ketones (excluding diaryl/α,β-unsaturated/α-hetero) is 1. The Labute approximate surface area is 168 Å². The number of halogens is 4. The molecule has 0 radical (unpaired) electrons. The molecule has 152 valence electrons. The molecule has 1 aliphatic rings. The van der Waals surface area contributed by atoms with Crippen molar-refractivity contribution in [1.29, 1.82) is 0 Å². The minimum absolute atomic E-state index is 0.134. The van der Waals surface area contributed by atoms with E-state index in [1.807, 2.05) is 0 Å². The average Bonchev–Trinajstić information content (AvgIpc) is 2.76. The van der Waals surface area contributed by atoms with Gasteiger partial charge >= 0.3 is 0 Å². The van der Waals surface area contributed by atoms with E-state index >= 15 is 0 Å². The second-order valence-corrected chi connectivity index (χ2v) is 6.57. The number of benzene rings is 2. The number of pyridine rings is 1. The fourth-order valence-electron chi connectivity index (χ4n) is 3.33. The Hall–Kier alpha value is -3.75. The van der Waals surface area contributed by atoms with Crippen LogP contribution in [0.5, 0.6) is 0 Å². The smallest absolute Gasteiger partial charge is 0.253 e. The molecule has 0 fully saturated rings. The number of amides is 1. The van der Waals surface area contributed by atoms with E-state index in [4.69, 9.17) is 0 Å². The number of rotatable bonds is 3. The van der Waals surface area contributed by atoms with Gasteiger partial charge in [0, 0.05) is 17.8 Å². The number of hydrogen-bond acceptors (Lipinski definition) is 4. The maximum atomic E-state index is 13.9. The number of para-hydroxylation sites is 2. The molecule has 0 bridgehead atoms. The van der Waals surface area contributed by atoms with Gasteiger partial charge in [0.2, 0.25) is 17.5 Å². The first kappa shape index (κ1) is 19.6. The highest BCUT2D eigenvalue weighted by Gasteiger charge is 2.38. The van der Waals surface area contributed by atoms with Gasteiger partial charge < -0.3 is 10.2 Å². The van der Waals surface area contributed by atoms with Gasteiger partial charge in [-0.1, -0.05) is 30.3 Å². The fraction of sp³-hybridized carbons (Fsp3) is 0.0952. The highest BCUT2D eigenvalue weighted by atomic mass is 19.2. The summed E-state index contributed by atoms with van der Waals surface area (Å²) in [7, 11) is 0. The molecule has 30 heavy (non-hydrogen) atoms. The van der Waals surface area contributed by atoms with Crippen LogP contribution in [0.1, 0.15) is 10.4 Å². The Morgan fingerprint density at radius 1 is 0.933 bits per heavy atom. The van der Waals surface area contributed by atoms with Gasteiger partial charge in [0.1, 0.15) is 11.6 Å². The van der Waals surface area contributed by atoms with Crippen molar-refractivity contribution in [3.63, 3.8) is 0 Å². The lowest BCUT2D eigenvalue weighted by molar-refractivity contribution is -0.118. The van der Waals surface area contributed by atoms with E-state index in [2.05, 4.69) is 4.98 Å². The van der Waals surface area contributed by atoms with Gasteiger partial charge in [-0.2, -0.15) is 22.5 Å². The Morgan fingerprint density at radius 3 is 2.20 bits per heavy atom. The molecule has 1 atom stereocenters. The van der Waals surface area contributed by atoms with Gasteiger partial charge in [-0.15, -0.1) is 0 Å². The molecule has 1 unspecified atom stereocenters. The minimum atomic E-state index is -1.91. The number of hydrogen-bond donors (Lipinski definition) is 1. The van der Waals surface area contributed by atoms with Crippen molar-refractivity contribution < 1.29 is 27.2 Å². The largest absolute Gasteiger partial charge is 0.340 e. The zero-order chi connectivity index (χ0) is 21.4. The second kappa shape index (κ2) is 7.58. The van der Waals surface area contributed by atoms with E-state index in [0.717, 1.165) is 0 Å². The normalized spacial score (nSPS) is 15.7. The molecular weight excluding hydrogens is 402 g/mol. The lowest BCUT2D eigenvalue weighted by Gasteiger charge is -2.34. The fourth-order valence-corrected chi connectivity index (χ4v) is 3.33. The molecule has 0 saturated heterocycles. The maximum Gasteiger partial charge on any atom is 0.253 e. The van der Waals surface area contributed by atoms with Gasteiger partial charge in [0.15, 0.2) is 5.78 Å². The highest BCUT2D eigenvalue weighted by Crippen LogP contribution is 2.36. The van der Waals surface area contributed by atoms with Crippen LogP contribution in [0.25, 0.3) is 0 Å². The standard InChI is InChI=1S/C21H13F4N3O2/c22-15-17(16(23)20(25)27-19(15)24)26-21(30)13-10-28(11-6-2-1-3-7-11)14-9-5-4-8-12(14)18(13)29/h1-9,13H,10H2,(H,26,27,30). The van der Waals surface area contributed by atoms with E-state index in [9.17, 15) is 27.2 Å². The van der Waals surface area contributed by atoms with Crippen molar-refractivity contribution in [3.8, 4) is 0 Å². The lowest BCUT2D eigenvalue weighted by Crippen LogP contribution is -2.43. The molecule has 0 spiro atoms. The number of anilines is 3. The summed E-state index contributed by atoms with van der Waals surface area (Å²) in [5.74, 6) is -10.6. The molecule has 1 aromatic heterocycles. The number of nitrogens with zero attached hydrogens (tertiary/aromatic N) is 2. The molecule has 4 rings (SSSR count). The molecule has 1 N–H and O–H groups in total. The van der Waals surface area contributed by atoms with Crippen LogP contribution in [-0.2, 0) is 4.79 Å². The molecular formula is C21H13F4N3O2. The number of aromatic nitrogens is 1. The summed E-state index contributed by atoms with van der Waals surface area (Å²) in [5, 5.41) is 1.81. The van der Waals surface area contributed by atoms with Crippen LogP contribution in [0, 0.1) is 29.4 Å². The van der Waals surface area contributed by atoms with Gasteiger partial charge in [0.25, 0.3) is 11.9 Å². The Kier molecular flexibility index (Phi) is 4.94. The third-order valence-electron chi connectivity index (χ3n) is 4.77. The number of carbonyl (C=O) groups is 2. The summed E-state index contributed by atoms with van der Waals surface area (Å²) in [5.41, 5.74) is 0.161. The molecule has 2 aromatic carbocycles. The van der Waals surface area contributed by atoms with Crippen LogP contribution >= 0.6 is 0 Å². The Bertz CT molecular complexity index is 1130. The van der Waals surface area contributed by atoms with Crippen LogP contribution in [0.2, 0.25) is 0 Å². The molecule has 2 heterocycles. The van der Waals surface area contributed by atoms with E-state index in [1.54, 1.807) is 58.7 Å². The number of carbonyl (C=O) groups excluding carboxylic acids is 2. The van der Waals surface area contributed by atoms with Gasteiger partial charge in [-0.3, -0.25) is 9.59 Å². The first-order valence-electron chi connectivity index (χ1n) is 8.85. The summed E-state index contributed by atoms with van der Waals surface area (Å²) in [6.45, 7) is -0.134. The van der Waals surface area contributed by atoms with Gasteiger partial charge in [-0.05, 0) is 24.3 Å². The molecule has 1 aliphatic heterocycles. The molecule has 0 aliphatic carbocycles. The summed E-state index contributed by atoms with van der Waals surface area (Å²) < 4.78 is 54.5. The van der Waals surface area contributed by atoms with Gasteiger partial charge in [0.05, 0.1) is 5.69 Å². The first-order chi connectivity index (χ1) is 14.4. The van der Waals surface area contributed by atoms with Crippen molar-refractivity contribution in [3.05, 3.63) is 83.7 Å². The van der Waals surface area contributed by atoms with Crippen LogP contribution in [0.15, 0.2) is 54.6 Å².